The molecule has 0 atom stereocenters. The number of anilines is 1. The summed E-state index contributed by atoms with van der Waals surface area (Å²) in [6.07, 6.45) is 7.29. The van der Waals surface area contributed by atoms with Gasteiger partial charge in [0.1, 0.15) is 29.5 Å². The van der Waals surface area contributed by atoms with Gasteiger partial charge in [0.05, 0.1) is 6.61 Å². The molecule has 0 N–H and O–H groups in total. The Morgan fingerprint density at radius 1 is 1.13 bits per heavy atom. The van der Waals surface area contributed by atoms with E-state index in [0.717, 1.165) is 31.0 Å². The van der Waals surface area contributed by atoms with E-state index in [9.17, 15) is 4.39 Å². The molecule has 0 saturated carbocycles. The van der Waals surface area contributed by atoms with Gasteiger partial charge in [-0.2, -0.15) is 0 Å². The second-order valence-corrected chi connectivity index (χ2v) is 7.52. The summed E-state index contributed by atoms with van der Waals surface area (Å²) in [5, 5.41) is 8.25. The Morgan fingerprint density at radius 2 is 2.00 bits per heavy atom. The van der Waals surface area contributed by atoms with Gasteiger partial charge in [0.2, 0.25) is 0 Å². The van der Waals surface area contributed by atoms with Crippen LogP contribution in [0.3, 0.4) is 0 Å². The van der Waals surface area contributed by atoms with Gasteiger partial charge < -0.3 is 9.64 Å². The molecule has 0 bridgehead atoms. The van der Waals surface area contributed by atoms with E-state index in [1.807, 2.05) is 30.6 Å². The number of hydrogen-bond donors (Lipinski definition) is 0. The number of nitrogens with zero attached hydrogens (tertiary/aromatic N) is 6. The molecule has 0 radical (unpaired) electrons. The molecule has 1 aliphatic heterocycles. The van der Waals surface area contributed by atoms with Crippen LogP contribution in [0.1, 0.15) is 17.0 Å². The number of aryl methyl sites for hydroxylation is 2. The molecule has 0 aliphatic carbocycles. The molecule has 0 saturated heterocycles. The van der Waals surface area contributed by atoms with Crippen molar-refractivity contribution in [3.05, 3.63) is 65.8 Å². The fraction of sp³-hybridized carbons (Fsp3) is 0.273. The third-order valence-electron chi connectivity index (χ3n) is 5.45. The Bertz CT molecular complexity index is 1240. The van der Waals surface area contributed by atoms with Gasteiger partial charge in [-0.15, -0.1) is 10.2 Å². The second kappa shape index (κ2) is 7.37. The van der Waals surface area contributed by atoms with Crippen molar-refractivity contribution < 1.29 is 9.13 Å². The fourth-order valence-corrected chi connectivity index (χ4v) is 3.88. The summed E-state index contributed by atoms with van der Waals surface area (Å²) < 4.78 is 22.3. The van der Waals surface area contributed by atoms with Gasteiger partial charge in [-0.05, 0) is 18.1 Å². The zero-order valence-corrected chi connectivity index (χ0v) is 16.8. The van der Waals surface area contributed by atoms with Gasteiger partial charge in [0.25, 0.3) is 0 Å². The van der Waals surface area contributed by atoms with Crippen molar-refractivity contribution in [3.8, 4) is 16.9 Å². The molecule has 0 spiro atoms. The van der Waals surface area contributed by atoms with Gasteiger partial charge in [-0.1, -0.05) is 12.1 Å². The molecule has 1 aromatic carbocycles. The second-order valence-electron chi connectivity index (χ2n) is 7.52. The van der Waals surface area contributed by atoms with Crippen molar-refractivity contribution in [2.24, 2.45) is 0 Å². The third-order valence-corrected chi connectivity index (χ3v) is 5.45. The van der Waals surface area contributed by atoms with Crippen molar-refractivity contribution in [1.29, 1.82) is 0 Å². The number of rotatable bonds is 5. The van der Waals surface area contributed by atoms with E-state index < -0.39 is 0 Å². The summed E-state index contributed by atoms with van der Waals surface area (Å²) in [5.74, 6) is 1.99. The molecule has 7 nitrogen and oxygen atoms in total. The van der Waals surface area contributed by atoms with Gasteiger partial charge in [-0.25, -0.2) is 14.4 Å². The predicted octanol–water partition coefficient (Wildman–Crippen LogP) is 3.11. The number of aromatic nitrogens is 5. The standard InChI is InChI=1S/C22H21FN6O/c1-28(2)21-10-18(23)16(11-25-21)17-12-24-20(29-13-26-27-22(17)29)7-6-14-4-3-5-19-15(14)8-9-30-19/h3-5,10-13H,6-9H2,1-2H3. The number of halogens is 1. The van der Waals surface area contributed by atoms with Crippen LogP contribution < -0.4 is 9.64 Å². The smallest absolute Gasteiger partial charge is 0.171 e. The minimum Gasteiger partial charge on any atom is -0.493 e. The highest BCUT2D eigenvalue weighted by Gasteiger charge is 2.18. The molecule has 8 heteroatoms. The quantitative estimate of drug-likeness (QED) is 0.509. The van der Waals surface area contributed by atoms with Crippen LogP contribution in [0.4, 0.5) is 10.2 Å². The summed E-state index contributed by atoms with van der Waals surface area (Å²) in [7, 11) is 3.64. The Kier molecular flexibility index (Phi) is 4.54. The molecule has 5 rings (SSSR count). The van der Waals surface area contributed by atoms with E-state index in [1.54, 1.807) is 17.4 Å². The first-order valence-corrected chi connectivity index (χ1v) is 9.86. The normalized spacial score (nSPS) is 12.8. The van der Waals surface area contributed by atoms with Crippen molar-refractivity contribution in [2.75, 3.05) is 25.6 Å². The van der Waals surface area contributed by atoms with Crippen LogP contribution in [0.25, 0.3) is 16.8 Å². The lowest BCUT2D eigenvalue weighted by atomic mass is 10.0. The van der Waals surface area contributed by atoms with E-state index in [2.05, 4.69) is 26.2 Å². The van der Waals surface area contributed by atoms with Crippen molar-refractivity contribution in [1.82, 2.24) is 24.6 Å². The number of ether oxygens (including phenoxy) is 1. The Labute approximate surface area is 173 Å². The highest BCUT2D eigenvalue weighted by atomic mass is 19.1. The van der Waals surface area contributed by atoms with E-state index in [1.165, 1.54) is 23.4 Å². The Balaban J connectivity index is 1.47. The van der Waals surface area contributed by atoms with Crippen molar-refractivity contribution >= 4 is 11.5 Å². The Hall–Kier alpha value is -3.55. The van der Waals surface area contributed by atoms with Crippen molar-refractivity contribution in [3.63, 3.8) is 0 Å². The van der Waals surface area contributed by atoms with Gasteiger partial charge in [0.15, 0.2) is 5.65 Å². The summed E-state index contributed by atoms with van der Waals surface area (Å²) in [4.78, 5) is 10.7. The summed E-state index contributed by atoms with van der Waals surface area (Å²) in [5.41, 5.74) is 4.05. The Morgan fingerprint density at radius 3 is 2.83 bits per heavy atom. The van der Waals surface area contributed by atoms with E-state index in [0.29, 0.717) is 29.0 Å². The largest absolute Gasteiger partial charge is 0.493 e. The lowest BCUT2D eigenvalue weighted by molar-refractivity contribution is 0.357. The first-order valence-electron chi connectivity index (χ1n) is 9.86. The SMILES string of the molecule is CN(C)c1cc(F)c(-c2cnc(CCc3cccc4c3CCO4)n3cnnc23)cn1. The lowest BCUT2D eigenvalue weighted by Gasteiger charge is -2.13. The summed E-state index contributed by atoms with van der Waals surface area (Å²) in [6, 6.07) is 7.59. The van der Waals surface area contributed by atoms with Crippen LogP contribution in [0.5, 0.6) is 5.75 Å². The van der Waals surface area contributed by atoms with Crippen molar-refractivity contribution in [2.45, 2.75) is 19.3 Å². The van der Waals surface area contributed by atoms with Crippen LogP contribution in [-0.4, -0.2) is 45.3 Å². The molecule has 1 aliphatic rings. The molecule has 0 unspecified atom stereocenters. The number of benzene rings is 1. The highest BCUT2D eigenvalue weighted by molar-refractivity contribution is 5.77. The summed E-state index contributed by atoms with van der Waals surface area (Å²) in [6.45, 7) is 0.737. The molecule has 3 aromatic heterocycles. The van der Waals surface area contributed by atoms with E-state index >= 15 is 0 Å². The van der Waals surface area contributed by atoms with Crippen LogP contribution in [0.2, 0.25) is 0 Å². The molecule has 4 heterocycles. The van der Waals surface area contributed by atoms with Gasteiger partial charge >= 0.3 is 0 Å². The van der Waals surface area contributed by atoms with E-state index in [4.69, 9.17) is 4.74 Å². The molecule has 4 aromatic rings. The third kappa shape index (κ3) is 3.14. The molecule has 0 fully saturated rings. The average molecular weight is 404 g/mol. The zero-order chi connectivity index (χ0) is 20.7. The lowest BCUT2D eigenvalue weighted by Crippen LogP contribution is -2.11. The minimum absolute atomic E-state index is 0.357. The number of pyridine rings is 1. The summed E-state index contributed by atoms with van der Waals surface area (Å²) >= 11 is 0. The first kappa shape index (κ1) is 18.5. The fourth-order valence-electron chi connectivity index (χ4n) is 3.88. The first-order chi connectivity index (χ1) is 14.6. The molecule has 0 amide bonds. The highest BCUT2D eigenvalue weighted by Crippen LogP contribution is 2.30. The van der Waals surface area contributed by atoms with Gasteiger partial charge in [0, 0.05) is 62.1 Å². The molecule has 152 valence electrons. The monoisotopic (exact) mass is 404 g/mol. The van der Waals surface area contributed by atoms with Crippen LogP contribution in [-0.2, 0) is 19.3 Å². The number of fused-ring (bicyclic) bond motifs is 2. The maximum absolute atomic E-state index is 14.8. The minimum atomic E-state index is -0.368. The van der Waals surface area contributed by atoms with Crippen LogP contribution in [0.15, 0.2) is 43.0 Å². The van der Waals surface area contributed by atoms with Crippen LogP contribution in [0, 0.1) is 5.82 Å². The van der Waals surface area contributed by atoms with Crippen LogP contribution >= 0.6 is 0 Å². The topological polar surface area (TPSA) is 68.4 Å². The number of hydrogen-bond acceptors (Lipinski definition) is 6. The molecular formula is C22H21FN6O. The maximum Gasteiger partial charge on any atom is 0.171 e. The zero-order valence-electron chi connectivity index (χ0n) is 16.8. The predicted molar refractivity (Wildman–Crippen MR) is 111 cm³/mol. The maximum atomic E-state index is 14.8. The molecular weight excluding hydrogens is 383 g/mol. The average Bonchev–Trinajstić information content (AvgIpc) is 3.42. The van der Waals surface area contributed by atoms with E-state index in [-0.39, 0.29) is 5.82 Å². The molecule has 30 heavy (non-hydrogen) atoms. The van der Waals surface area contributed by atoms with Gasteiger partial charge in [-0.3, -0.25) is 4.40 Å².